The summed E-state index contributed by atoms with van der Waals surface area (Å²) in [4.78, 5) is 13.1. The molecule has 1 fully saturated rings. The van der Waals surface area contributed by atoms with Gasteiger partial charge in [0, 0.05) is 32.1 Å². The van der Waals surface area contributed by atoms with Crippen molar-refractivity contribution in [2.75, 3.05) is 26.2 Å². The molecular formula is C8H15FN2O. The van der Waals surface area contributed by atoms with E-state index in [1.54, 1.807) is 4.90 Å². The van der Waals surface area contributed by atoms with Crippen molar-refractivity contribution in [3.63, 3.8) is 0 Å². The smallest absolute Gasteiger partial charge is 0.225 e. The van der Waals surface area contributed by atoms with Gasteiger partial charge in [-0.1, -0.05) is 13.8 Å². The van der Waals surface area contributed by atoms with Gasteiger partial charge in [0.25, 0.3) is 0 Å². The van der Waals surface area contributed by atoms with Gasteiger partial charge in [-0.2, -0.15) is 0 Å². The van der Waals surface area contributed by atoms with Crippen LogP contribution in [0, 0.1) is 5.92 Å². The molecule has 0 aromatic carbocycles. The maximum absolute atomic E-state index is 12.5. The fourth-order valence-corrected chi connectivity index (χ4v) is 1.27. The van der Waals surface area contributed by atoms with Crippen LogP contribution in [0.15, 0.2) is 0 Å². The molecule has 4 heteroatoms. The van der Waals surface area contributed by atoms with Gasteiger partial charge in [0.05, 0.1) is 0 Å². The lowest BCUT2D eigenvalue weighted by molar-refractivity contribution is -0.139. The Morgan fingerprint density at radius 2 is 1.75 bits per heavy atom. The standard InChI is InChI=1S/C8H15FN2O/c1-7(2)8(12)10-3-5-11(9)6-4-10/h7H,3-6H2,1-2H3. The Labute approximate surface area is 72.1 Å². The molecule has 12 heavy (non-hydrogen) atoms. The van der Waals surface area contributed by atoms with Crippen LogP contribution in [0.2, 0.25) is 0 Å². The number of nitrogens with zero attached hydrogens (tertiary/aromatic N) is 2. The number of amides is 1. The molecule has 70 valence electrons. The van der Waals surface area contributed by atoms with Crippen molar-refractivity contribution < 1.29 is 9.28 Å². The number of rotatable bonds is 1. The van der Waals surface area contributed by atoms with Crippen LogP contribution >= 0.6 is 0 Å². The minimum Gasteiger partial charge on any atom is -0.340 e. The maximum Gasteiger partial charge on any atom is 0.225 e. The van der Waals surface area contributed by atoms with Gasteiger partial charge in [-0.15, -0.1) is 9.60 Å². The molecule has 0 aliphatic carbocycles. The summed E-state index contributed by atoms with van der Waals surface area (Å²) in [5.74, 6) is 0.152. The lowest BCUT2D eigenvalue weighted by Crippen LogP contribution is -2.47. The second-order valence-corrected chi connectivity index (χ2v) is 3.39. The third-order valence-electron chi connectivity index (χ3n) is 2.03. The minimum atomic E-state index is 0.0242. The summed E-state index contributed by atoms with van der Waals surface area (Å²) in [5, 5.41) is 0.754. The molecule has 1 amide bonds. The topological polar surface area (TPSA) is 23.6 Å². The second kappa shape index (κ2) is 3.85. The summed E-state index contributed by atoms with van der Waals surface area (Å²) >= 11 is 0. The fraction of sp³-hybridized carbons (Fsp3) is 0.875. The highest BCUT2D eigenvalue weighted by atomic mass is 19.2. The van der Waals surface area contributed by atoms with Crippen LogP contribution in [0.4, 0.5) is 4.48 Å². The molecular weight excluding hydrogens is 159 g/mol. The first kappa shape index (κ1) is 9.45. The van der Waals surface area contributed by atoms with Gasteiger partial charge < -0.3 is 4.90 Å². The zero-order valence-electron chi connectivity index (χ0n) is 7.59. The highest BCUT2D eigenvalue weighted by Gasteiger charge is 2.22. The number of halogens is 1. The second-order valence-electron chi connectivity index (χ2n) is 3.39. The quantitative estimate of drug-likeness (QED) is 0.545. The molecule has 0 aromatic rings. The van der Waals surface area contributed by atoms with E-state index in [1.807, 2.05) is 13.8 Å². The van der Waals surface area contributed by atoms with Crippen LogP contribution in [-0.2, 0) is 4.79 Å². The monoisotopic (exact) mass is 174 g/mol. The largest absolute Gasteiger partial charge is 0.340 e. The first-order chi connectivity index (χ1) is 5.61. The van der Waals surface area contributed by atoms with E-state index in [1.165, 1.54) is 0 Å². The molecule has 1 aliphatic heterocycles. The van der Waals surface area contributed by atoms with Gasteiger partial charge >= 0.3 is 0 Å². The normalized spacial score (nSPS) is 20.2. The summed E-state index contributed by atoms with van der Waals surface area (Å²) < 4.78 is 12.5. The SMILES string of the molecule is CC(C)C(=O)N1CCN(F)CC1. The highest BCUT2D eigenvalue weighted by Crippen LogP contribution is 2.06. The molecule has 0 radical (unpaired) electrons. The van der Waals surface area contributed by atoms with Crippen molar-refractivity contribution in [3.8, 4) is 0 Å². The number of carbonyl (C=O) groups excluding carboxylic acids is 1. The van der Waals surface area contributed by atoms with Gasteiger partial charge in [0.15, 0.2) is 0 Å². The average molecular weight is 174 g/mol. The molecule has 3 nitrogen and oxygen atoms in total. The predicted molar refractivity (Wildman–Crippen MR) is 44.1 cm³/mol. The molecule has 0 aromatic heterocycles. The highest BCUT2D eigenvalue weighted by molar-refractivity contribution is 5.78. The summed E-state index contributed by atoms with van der Waals surface area (Å²) in [7, 11) is 0. The predicted octanol–water partition coefficient (Wildman–Crippen LogP) is 0.671. The molecule has 0 N–H and O–H groups in total. The number of carbonyl (C=O) groups is 1. The lowest BCUT2D eigenvalue weighted by Gasteiger charge is -2.30. The van der Waals surface area contributed by atoms with E-state index in [2.05, 4.69) is 0 Å². The Morgan fingerprint density at radius 3 is 2.17 bits per heavy atom. The van der Waals surface area contributed by atoms with Crippen molar-refractivity contribution in [2.24, 2.45) is 5.92 Å². The van der Waals surface area contributed by atoms with Gasteiger partial charge in [0.2, 0.25) is 5.91 Å². The third-order valence-corrected chi connectivity index (χ3v) is 2.03. The average Bonchev–Trinajstić information content (AvgIpc) is 2.04. The Hall–Kier alpha value is -0.640. The van der Waals surface area contributed by atoms with Crippen LogP contribution < -0.4 is 0 Å². The van der Waals surface area contributed by atoms with Crippen LogP contribution in [0.5, 0.6) is 0 Å². The van der Waals surface area contributed by atoms with E-state index in [0.717, 1.165) is 5.12 Å². The molecule has 1 aliphatic rings. The molecule has 1 rings (SSSR count). The van der Waals surface area contributed by atoms with E-state index < -0.39 is 0 Å². The van der Waals surface area contributed by atoms with Gasteiger partial charge in [0.1, 0.15) is 0 Å². The van der Waals surface area contributed by atoms with E-state index in [-0.39, 0.29) is 11.8 Å². The van der Waals surface area contributed by atoms with Crippen LogP contribution in [0.25, 0.3) is 0 Å². The molecule has 0 unspecified atom stereocenters. The fourth-order valence-electron chi connectivity index (χ4n) is 1.27. The van der Waals surface area contributed by atoms with Crippen LogP contribution in [0.1, 0.15) is 13.8 Å². The van der Waals surface area contributed by atoms with E-state index in [9.17, 15) is 9.28 Å². The van der Waals surface area contributed by atoms with Crippen LogP contribution in [0.3, 0.4) is 0 Å². The number of piperazine rings is 1. The maximum atomic E-state index is 12.5. The number of hydrogen-bond acceptors (Lipinski definition) is 2. The van der Waals surface area contributed by atoms with E-state index >= 15 is 0 Å². The molecule has 0 bridgehead atoms. The molecule has 1 saturated heterocycles. The van der Waals surface area contributed by atoms with Crippen molar-refractivity contribution in [2.45, 2.75) is 13.8 Å². The number of hydrogen-bond donors (Lipinski definition) is 0. The Kier molecular flexibility index (Phi) is 3.03. The van der Waals surface area contributed by atoms with Crippen molar-refractivity contribution in [1.82, 2.24) is 10.0 Å². The zero-order valence-corrected chi connectivity index (χ0v) is 7.59. The Balaban J connectivity index is 2.39. The summed E-state index contributed by atoms with van der Waals surface area (Å²) in [6.45, 7) is 5.46. The first-order valence-corrected chi connectivity index (χ1v) is 4.31. The third kappa shape index (κ3) is 2.17. The van der Waals surface area contributed by atoms with Crippen molar-refractivity contribution in [1.29, 1.82) is 0 Å². The Bertz CT molecular complexity index is 164. The molecule has 1 heterocycles. The summed E-state index contributed by atoms with van der Waals surface area (Å²) in [6.07, 6.45) is 0. The van der Waals surface area contributed by atoms with Crippen LogP contribution in [-0.4, -0.2) is 42.1 Å². The van der Waals surface area contributed by atoms with E-state index in [4.69, 9.17) is 0 Å². The molecule has 0 spiro atoms. The minimum absolute atomic E-state index is 0.0242. The molecule has 0 saturated carbocycles. The van der Waals surface area contributed by atoms with Gasteiger partial charge in [-0.05, 0) is 0 Å². The van der Waals surface area contributed by atoms with E-state index in [0.29, 0.717) is 26.2 Å². The molecule has 0 atom stereocenters. The van der Waals surface area contributed by atoms with Gasteiger partial charge in [-0.25, -0.2) is 0 Å². The lowest BCUT2D eigenvalue weighted by atomic mass is 10.2. The summed E-state index contributed by atoms with van der Waals surface area (Å²) in [5.41, 5.74) is 0. The zero-order chi connectivity index (χ0) is 9.14. The summed E-state index contributed by atoms with van der Waals surface area (Å²) in [6, 6.07) is 0. The van der Waals surface area contributed by atoms with Gasteiger partial charge in [-0.3, -0.25) is 4.79 Å². The Morgan fingerprint density at radius 1 is 1.25 bits per heavy atom. The van der Waals surface area contributed by atoms with Crippen molar-refractivity contribution in [3.05, 3.63) is 0 Å². The first-order valence-electron chi connectivity index (χ1n) is 4.31. The van der Waals surface area contributed by atoms with Crippen molar-refractivity contribution >= 4 is 5.91 Å².